The summed E-state index contributed by atoms with van der Waals surface area (Å²) in [6.07, 6.45) is 6.06. The Bertz CT molecular complexity index is 1340. The van der Waals surface area contributed by atoms with Crippen LogP contribution in [0.1, 0.15) is 47.4 Å². The van der Waals surface area contributed by atoms with E-state index >= 15 is 0 Å². The number of anilines is 3. The number of rotatable bonds is 8. The fourth-order valence-electron chi connectivity index (χ4n) is 5.78. The molecular formula is C30H37N7O3. The second-order valence-corrected chi connectivity index (χ2v) is 11.3. The van der Waals surface area contributed by atoms with Gasteiger partial charge in [0.2, 0.25) is 0 Å². The number of primary amides is 1. The van der Waals surface area contributed by atoms with Crippen molar-refractivity contribution in [2.24, 2.45) is 11.1 Å². The minimum atomic E-state index is -0.637. The van der Waals surface area contributed by atoms with Gasteiger partial charge in [-0.05, 0) is 62.4 Å². The van der Waals surface area contributed by atoms with E-state index in [-0.39, 0.29) is 11.7 Å². The van der Waals surface area contributed by atoms with Crippen LogP contribution in [0, 0.1) is 12.3 Å². The Balaban J connectivity index is 1.27. The highest BCUT2D eigenvalue weighted by molar-refractivity contribution is 5.97. The van der Waals surface area contributed by atoms with Crippen molar-refractivity contribution < 1.29 is 14.3 Å². The van der Waals surface area contributed by atoms with Gasteiger partial charge in [0.1, 0.15) is 5.69 Å². The number of aromatic nitrogens is 3. The molecule has 0 unspecified atom stereocenters. The molecule has 0 atom stereocenters. The maximum atomic E-state index is 12.6. The Labute approximate surface area is 234 Å². The van der Waals surface area contributed by atoms with Crippen LogP contribution >= 0.6 is 0 Å². The van der Waals surface area contributed by atoms with E-state index in [4.69, 9.17) is 25.2 Å². The molecule has 1 spiro atoms. The molecule has 4 heterocycles. The Kier molecular flexibility index (Phi) is 7.64. The van der Waals surface area contributed by atoms with Crippen LogP contribution in [0.3, 0.4) is 0 Å². The average molecular weight is 544 g/mol. The van der Waals surface area contributed by atoms with Crippen LogP contribution in [0.5, 0.6) is 0 Å². The second kappa shape index (κ2) is 11.5. The summed E-state index contributed by atoms with van der Waals surface area (Å²) >= 11 is 0. The molecule has 6 rings (SSSR count). The molecule has 40 heavy (non-hydrogen) atoms. The summed E-state index contributed by atoms with van der Waals surface area (Å²) in [6.45, 7) is 7.96. The van der Waals surface area contributed by atoms with Crippen LogP contribution in [-0.2, 0) is 16.0 Å². The Morgan fingerprint density at radius 3 is 2.45 bits per heavy atom. The largest absolute Gasteiger partial charge is 0.380 e. The molecule has 0 radical (unpaired) electrons. The van der Waals surface area contributed by atoms with Crippen molar-refractivity contribution in [2.75, 3.05) is 50.2 Å². The first kappa shape index (κ1) is 26.6. The Morgan fingerprint density at radius 2 is 1.80 bits per heavy atom. The molecule has 2 aromatic heterocycles. The maximum absolute atomic E-state index is 12.6. The average Bonchev–Trinajstić information content (AvgIpc) is 2.94. The lowest BCUT2D eigenvalue weighted by molar-refractivity contribution is -0.131. The summed E-state index contributed by atoms with van der Waals surface area (Å²) < 4.78 is 11.0. The number of carbonyl (C=O) groups is 1. The molecule has 2 saturated heterocycles. The summed E-state index contributed by atoms with van der Waals surface area (Å²) in [4.78, 5) is 29.0. The third kappa shape index (κ3) is 5.94. The van der Waals surface area contributed by atoms with E-state index in [1.165, 1.54) is 5.56 Å². The highest BCUT2D eigenvalue weighted by Gasteiger charge is 2.41. The molecule has 210 valence electrons. The van der Waals surface area contributed by atoms with Crippen molar-refractivity contribution in [3.8, 4) is 11.3 Å². The van der Waals surface area contributed by atoms with Crippen LogP contribution in [0.2, 0.25) is 0 Å². The van der Waals surface area contributed by atoms with Gasteiger partial charge in [0.05, 0.1) is 26.4 Å². The molecule has 10 nitrogen and oxygen atoms in total. The van der Waals surface area contributed by atoms with Crippen LogP contribution in [0.4, 0.5) is 17.3 Å². The monoisotopic (exact) mass is 543 g/mol. The lowest BCUT2D eigenvalue weighted by atomic mass is 9.71. The number of hydrogen-bond acceptors (Lipinski definition) is 9. The van der Waals surface area contributed by atoms with Crippen molar-refractivity contribution >= 4 is 23.2 Å². The smallest absolute Gasteiger partial charge is 0.271 e. The van der Waals surface area contributed by atoms with Crippen molar-refractivity contribution in [1.82, 2.24) is 19.9 Å². The molecule has 1 amide bonds. The summed E-state index contributed by atoms with van der Waals surface area (Å²) in [7, 11) is 0. The molecule has 1 saturated carbocycles. The first-order chi connectivity index (χ1) is 19.5. The summed E-state index contributed by atoms with van der Waals surface area (Å²) in [5, 5.41) is 6.96. The molecule has 10 heteroatoms. The molecule has 3 aliphatic rings. The number of amides is 1. The van der Waals surface area contributed by atoms with Gasteiger partial charge in [-0.2, -0.15) is 0 Å². The number of aryl methyl sites for hydroxylation is 1. The van der Waals surface area contributed by atoms with Crippen molar-refractivity contribution in [3.05, 3.63) is 59.5 Å². The topological polar surface area (TPSA) is 128 Å². The summed E-state index contributed by atoms with van der Waals surface area (Å²) in [5.41, 5.74) is 10.6. The van der Waals surface area contributed by atoms with Crippen molar-refractivity contribution in [2.45, 2.75) is 45.2 Å². The van der Waals surface area contributed by atoms with E-state index in [0.29, 0.717) is 22.7 Å². The first-order valence-corrected chi connectivity index (χ1v) is 14.1. The molecule has 0 bridgehead atoms. The van der Waals surface area contributed by atoms with Crippen LogP contribution in [0.15, 0.2) is 42.6 Å². The van der Waals surface area contributed by atoms with Gasteiger partial charge in [-0.15, -0.1) is 0 Å². The quantitative estimate of drug-likeness (QED) is 0.388. The third-order valence-electron chi connectivity index (χ3n) is 8.23. The number of nitrogens with zero attached hydrogens (tertiary/aromatic N) is 4. The zero-order valence-electron chi connectivity index (χ0n) is 23.0. The van der Waals surface area contributed by atoms with E-state index < -0.39 is 5.91 Å². The molecule has 4 N–H and O–H groups in total. The zero-order chi connectivity index (χ0) is 27.5. The van der Waals surface area contributed by atoms with Crippen LogP contribution in [-0.4, -0.2) is 71.3 Å². The predicted molar refractivity (Wildman–Crippen MR) is 153 cm³/mol. The van der Waals surface area contributed by atoms with Crippen LogP contribution in [0.25, 0.3) is 11.3 Å². The number of morpholine rings is 1. The Morgan fingerprint density at radius 1 is 1.05 bits per heavy atom. The molecule has 2 aliphatic heterocycles. The zero-order valence-corrected chi connectivity index (χ0v) is 23.0. The minimum absolute atomic E-state index is 0.0987. The van der Waals surface area contributed by atoms with Crippen molar-refractivity contribution in [3.63, 3.8) is 0 Å². The lowest BCUT2D eigenvalue weighted by Gasteiger charge is -2.46. The second-order valence-electron chi connectivity index (χ2n) is 11.3. The summed E-state index contributed by atoms with van der Waals surface area (Å²) in [5.74, 6) is 0.333. The van der Waals surface area contributed by atoms with Gasteiger partial charge in [-0.1, -0.05) is 12.1 Å². The van der Waals surface area contributed by atoms with Gasteiger partial charge in [0.15, 0.2) is 17.3 Å². The molecular weight excluding hydrogens is 506 g/mol. The van der Waals surface area contributed by atoms with Crippen molar-refractivity contribution in [1.29, 1.82) is 0 Å². The predicted octanol–water partition coefficient (Wildman–Crippen LogP) is 3.89. The summed E-state index contributed by atoms with van der Waals surface area (Å²) in [6, 6.07) is 12.3. The minimum Gasteiger partial charge on any atom is -0.380 e. The van der Waals surface area contributed by atoms with Gasteiger partial charge >= 0.3 is 0 Å². The van der Waals surface area contributed by atoms with E-state index in [9.17, 15) is 4.79 Å². The lowest BCUT2D eigenvalue weighted by Crippen LogP contribution is -2.47. The van der Waals surface area contributed by atoms with Crippen LogP contribution < -0.4 is 16.4 Å². The third-order valence-corrected chi connectivity index (χ3v) is 8.23. The van der Waals surface area contributed by atoms with E-state index in [0.717, 1.165) is 88.7 Å². The number of nitrogens with two attached hydrogens (primary N) is 1. The Hall–Kier alpha value is -3.60. The normalized spacial score (nSPS) is 19.2. The highest BCUT2D eigenvalue weighted by Crippen LogP contribution is 2.43. The highest BCUT2D eigenvalue weighted by atomic mass is 16.5. The van der Waals surface area contributed by atoms with Gasteiger partial charge < -0.3 is 25.8 Å². The number of carbonyl (C=O) groups excluding carboxylic acids is 1. The first-order valence-electron chi connectivity index (χ1n) is 14.1. The van der Waals surface area contributed by atoms with Gasteiger partial charge in [-0.3, -0.25) is 14.7 Å². The van der Waals surface area contributed by atoms with E-state index in [1.807, 2.05) is 31.2 Å². The fraction of sp³-hybridized carbons (Fsp3) is 0.467. The SMILES string of the molecule is Cc1cc(-c2nc(C(N)=O)c(Nc3ccc(CN4CCOCC4)cc3)nc2NC2CCC3(CC2)COC3)ccn1. The number of benzene rings is 1. The van der Waals surface area contributed by atoms with Gasteiger partial charge in [-0.25, -0.2) is 9.97 Å². The molecule has 3 aromatic rings. The molecule has 1 aromatic carbocycles. The van der Waals surface area contributed by atoms with Gasteiger partial charge in [0.25, 0.3) is 5.91 Å². The molecule has 3 fully saturated rings. The van der Waals surface area contributed by atoms with E-state index in [1.54, 1.807) is 6.20 Å². The maximum Gasteiger partial charge on any atom is 0.271 e. The number of hydrogen-bond donors (Lipinski definition) is 3. The number of ether oxygens (including phenoxy) is 2. The standard InChI is InChI=1S/C30H37N7O3/c1-20-16-22(8-11-32-20)25-28(34-24-6-9-30(10-7-24)18-40-19-30)36-29(26(35-25)27(31)38)33-23-4-2-21(3-5-23)17-37-12-14-39-15-13-37/h2-5,8,11,16,24H,6-7,9-10,12-15,17-19H2,1H3,(H2,31,38)(H2,33,34,36). The molecule has 1 aliphatic carbocycles. The number of nitrogens with one attached hydrogen (secondary N) is 2. The fourth-order valence-corrected chi connectivity index (χ4v) is 5.78. The number of pyridine rings is 1. The van der Waals surface area contributed by atoms with Gasteiger partial charge in [0, 0.05) is 54.2 Å². The van der Waals surface area contributed by atoms with E-state index in [2.05, 4.69) is 32.7 Å².